The molecule has 0 saturated heterocycles. The lowest BCUT2D eigenvalue weighted by Crippen LogP contribution is -2.45. The van der Waals surface area contributed by atoms with E-state index in [4.69, 9.17) is 26.5 Å². The average Bonchev–Trinajstić information content (AvgIpc) is 3.37. The molecule has 0 radical (unpaired) electrons. The summed E-state index contributed by atoms with van der Waals surface area (Å²) < 4.78 is 11.2. The van der Waals surface area contributed by atoms with Crippen LogP contribution in [0.15, 0.2) is 83.0 Å². The first-order valence-electron chi connectivity index (χ1n) is 11.8. The predicted molar refractivity (Wildman–Crippen MR) is 145 cm³/mol. The molecule has 36 heavy (non-hydrogen) atoms. The summed E-state index contributed by atoms with van der Waals surface area (Å²) in [5.41, 5.74) is 7.40. The lowest BCUT2D eigenvalue weighted by Gasteiger charge is -2.37. The van der Waals surface area contributed by atoms with E-state index in [-0.39, 0.29) is 6.04 Å². The molecule has 182 valence electrons. The Balaban J connectivity index is 1.60. The van der Waals surface area contributed by atoms with Gasteiger partial charge in [-0.25, -0.2) is 0 Å². The van der Waals surface area contributed by atoms with Crippen molar-refractivity contribution in [3.63, 3.8) is 0 Å². The average molecular weight is 497 g/mol. The van der Waals surface area contributed by atoms with Crippen molar-refractivity contribution in [1.29, 1.82) is 0 Å². The molecule has 1 N–H and O–H groups in total. The number of benzene rings is 3. The summed E-state index contributed by atoms with van der Waals surface area (Å²) in [7, 11) is 1.64. The summed E-state index contributed by atoms with van der Waals surface area (Å²) in [5.74, 6) is 1.70. The fourth-order valence-corrected chi connectivity index (χ4v) is 4.75. The number of hydrogen-bond acceptors (Lipinski definition) is 5. The number of allylic oxidation sites excluding steroid dienone is 1. The van der Waals surface area contributed by atoms with Crippen LogP contribution in [0.3, 0.4) is 0 Å². The number of hydrogen-bond donors (Lipinski definition) is 1. The Bertz CT molecular complexity index is 1440. The number of rotatable bonds is 6. The SMILES string of the molecule is COc1cccc(-c2noc(C3=C(C)N(Cc4ccccc4C)C(=S)NC3c3ccc(C)cc3)n2)c1. The van der Waals surface area contributed by atoms with E-state index in [1.54, 1.807) is 7.11 Å². The van der Waals surface area contributed by atoms with Crippen LogP contribution in [-0.4, -0.2) is 27.3 Å². The maximum Gasteiger partial charge on any atom is 0.258 e. The molecule has 4 aromatic rings. The highest BCUT2D eigenvalue weighted by Crippen LogP contribution is 2.38. The second kappa shape index (κ2) is 9.95. The lowest BCUT2D eigenvalue weighted by molar-refractivity contribution is 0.396. The Morgan fingerprint density at radius 3 is 2.53 bits per heavy atom. The first kappa shape index (κ1) is 23.8. The smallest absolute Gasteiger partial charge is 0.258 e. The lowest BCUT2D eigenvalue weighted by atomic mass is 9.94. The molecular formula is C29H28N4O2S. The predicted octanol–water partition coefficient (Wildman–Crippen LogP) is 6.22. The normalized spacial score (nSPS) is 15.7. The van der Waals surface area contributed by atoms with Gasteiger partial charge in [0.15, 0.2) is 5.11 Å². The van der Waals surface area contributed by atoms with Gasteiger partial charge in [0.25, 0.3) is 5.89 Å². The third-order valence-corrected chi connectivity index (χ3v) is 6.92. The molecule has 1 aromatic heterocycles. The van der Waals surface area contributed by atoms with E-state index in [9.17, 15) is 0 Å². The van der Waals surface area contributed by atoms with Crippen molar-refractivity contribution in [2.75, 3.05) is 7.11 Å². The van der Waals surface area contributed by atoms with Gasteiger partial charge in [-0.05, 0) is 61.8 Å². The number of nitrogens with one attached hydrogen (secondary N) is 1. The second-order valence-electron chi connectivity index (χ2n) is 8.96. The van der Waals surface area contributed by atoms with Gasteiger partial charge in [-0.2, -0.15) is 4.98 Å². The van der Waals surface area contributed by atoms with Gasteiger partial charge < -0.3 is 19.5 Å². The standard InChI is InChI=1S/C29H28N4O2S/c1-18-12-14-21(15-13-18)26-25(28-31-27(32-35-28)22-10-7-11-24(16-22)34-4)20(3)33(29(36)30-26)17-23-9-6-5-8-19(23)2/h5-16,26H,17H2,1-4H3,(H,30,36). The van der Waals surface area contributed by atoms with Gasteiger partial charge in [0.2, 0.25) is 5.82 Å². The molecule has 0 aliphatic carbocycles. The van der Waals surface area contributed by atoms with E-state index >= 15 is 0 Å². The van der Waals surface area contributed by atoms with Crippen LogP contribution in [0.4, 0.5) is 0 Å². The number of aromatic nitrogens is 2. The Morgan fingerprint density at radius 1 is 1.00 bits per heavy atom. The highest BCUT2D eigenvalue weighted by molar-refractivity contribution is 7.80. The number of thiocarbonyl (C=S) groups is 1. The Labute approximate surface area is 216 Å². The van der Waals surface area contributed by atoms with E-state index in [0.29, 0.717) is 23.4 Å². The highest BCUT2D eigenvalue weighted by Gasteiger charge is 2.34. The van der Waals surface area contributed by atoms with Gasteiger partial charge in [0, 0.05) is 11.3 Å². The van der Waals surface area contributed by atoms with Gasteiger partial charge in [-0.1, -0.05) is 71.4 Å². The third-order valence-electron chi connectivity index (χ3n) is 6.58. The molecular weight excluding hydrogens is 468 g/mol. The maximum absolute atomic E-state index is 5.87. The molecule has 0 fully saturated rings. The van der Waals surface area contributed by atoms with E-state index in [1.165, 1.54) is 16.7 Å². The van der Waals surface area contributed by atoms with Gasteiger partial charge in [-0.15, -0.1) is 0 Å². The molecule has 0 bridgehead atoms. The molecule has 0 amide bonds. The molecule has 5 rings (SSSR count). The fraction of sp³-hybridized carbons (Fsp3) is 0.207. The zero-order valence-corrected chi connectivity index (χ0v) is 21.6. The minimum Gasteiger partial charge on any atom is -0.497 e. The van der Waals surface area contributed by atoms with Crippen molar-refractivity contribution in [2.45, 2.75) is 33.4 Å². The van der Waals surface area contributed by atoms with Crippen LogP contribution in [0.2, 0.25) is 0 Å². The summed E-state index contributed by atoms with van der Waals surface area (Å²) >= 11 is 5.86. The first-order valence-corrected chi connectivity index (χ1v) is 12.2. The van der Waals surface area contributed by atoms with Crippen molar-refractivity contribution >= 4 is 22.9 Å². The topological polar surface area (TPSA) is 63.4 Å². The van der Waals surface area contributed by atoms with Crippen LogP contribution in [-0.2, 0) is 6.54 Å². The van der Waals surface area contributed by atoms with Crippen molar-refractivity contribution in [1.82, 2.24) is 20.4 Å². The summed E-state index contributed by atoms with van der Waals surface area (Å²) in [6.45, 7) is 6.90. The van der Waals surface area contributed by atoms with E-state index < -0.39 is 0 Å². The van der Waals surface area contributed by atoms with Gasteiger partial charge >= 0.3 is 0 Å². The second-order valence-corrected chi connectivity index (χ2v) is 9.35. The van der Waals surface area contributed by atoms with Crippen molar-refractivity contribution in [3.8, 4) is 17.1 Å². The van der Waals surface area contributed by atoms with E-state index in [0.717, 1.165) is 28.1 Å². The van der Waals surface area contributed by atoms with Crippen LogP contribution in [0.25, 0.3) is 17.0 Å². The van der Waals surface area contributed by atoms with Crippen molar-refractivity contribution in [2.24, 2.45) is 0 Å². The quantitative estimate of drug-likeness (QED) is 0.318. The summed E-state index contributed by atoms with van der Waals surface area (Å²) in [5, 5.41) is 8.51. The molecule has 7 heteroatoms. The van der Waals surface area contributed by atoms with Crippen LogP contribution in [0, 0.1) is 13.8 Å². The van der Waals surface area contributed by atoms with Gasteiger partial charge in [0.1, 0.15) is 5.75 Å². The van der Waals surface area contributed by atoms with Crippen LogP contribution >= 0.6 is 12.2 Å². The van der Waals surface area contributed by atoms with Crippen molar-refractivity contribution < 1.29 is 9.26 Å². The molecule has 0 saturated carbocycles. The summed E-state index contributed by atoms with van der Waals surface area (Å²) in [4.78, 5) is 6.91. The fourth-order valence-electron chi connectivity index (χ4n) is 4.43. The minimum absolute atomic E-state index is 0.218. The minimum atomic E-state index is -0.218. The molecule has 2 heterocycles. The summed E-state index contributed by atoms with van der Waals surface area (Å²) in [6.07, 6.45) is 0. The van der Waals surface area contributed by atoms with E-state index in [1.807, 2.05) is 30.3 Å². The number of ether oxygens (including phenoxy) is 1. The molecule has 1 atom stereocenters. The maximum atomic E-state index is 5.87. The van der Waals surface area contributed by atoms with Crippen LogP contribution < -0.4 is 10.1 Å². The zero-order valence-electron chi connectivity index (χ0n) is 20.8. The number of aryl methyl sites for hydroxylation is 2. The molecule has 6 nitrogen and oxygen atoms in total. The molecule has 1 aliphatic rings. The van der Waals surface area contributed by atoms with Crippen LogP contribution in [0.1, 0.15) is 41.1 Å². The monoisotopic (exact) mass is 496 g/mol. The third kappa shape index (κ3) is 4.62. The highest BCUT2D eigenvalue weighted by atomic mass is 32.1. The largest absolute Gasteiger partial charge is 0.497 e. The van der Waals surface area contributed by atoms with E-state index in [2.05, 4.69) is 78.6 Å². The molecule has 3 aromatic carbocycles. The van der Waals surface area contributed by atoms with Crippen LogP contribution in [0.5, 0.6) is 5.75 Å². The summed E-state index contributed by atoms with van der Waals surface area (Å²) in [6, 6.07) is 24.2. The number of methoxy groups -OCH3 is 1. The Morgan fingerprint density at radius 2 is 1.78 bits per heavy atom. The molecule has 0 spiro atoms. The molecule has 1 unspecified atom stereocenters. The Hall–Kier alpha value is -3.97. The zero-order chi connectivity index (χ0) is 25.2. The van der Waals surface area contributed by atoms with Gasteiger partial charge in [0.05, 0.1) is 25.3 Å². The number of nitrogens with zero attached hydrogens (tertiary/aromatic N) is 3. The van der Waals surface area contributed by atoms with Crippen molar-refractivity contribution in [3.05, 3.63) is 107 Å². The van der Waals surface area contributed by atoms with Gasteiger partial charge in [-0.3, -0.25) is 0 Å². The Kier molecular flexibility index (Phi) is 6.57. The first-order chi connectivity index (χ1) is 17.4. The molecule has 1 aliphatic heterocycles.